The summed E-state index contributed by atoms with van der Waals surface area (Å²) in [6.07, 6.45) is -0.774. The van der Waals surface area contributed by atoms with E-state index in [-0.39, 0.29) is 31.7 Å². The van der Waals surface area contributed by atoms with Gasteiger partial charge in [0.05, 0.1) is 24.7 Å². The van der Waals surface area contributed by atoms with Crippen LogP contribution in [-0.4, -0.2) is 47.7 Å². The molecule has 0 bridgehead atoms. The predicted molar refractivity (Wildman–Crippen MR) is 75.2 cm³/mol. The molecule has 0 radical (unpaired) electrons. The number of aliphatic hydroxyl groups excluding tert-OH is 1. The van der Waals surface area contributed by atoms with Gasteiger partial charge in [0.15, 0.2) is 0 Å². The molecule has 0 aromatic heterocycles. The van der Waals surface area contributed by atoms with Gasteiger partial charge in [-0.05, 0) is 26.0 Å². The summed E-state index contributed by atoms with van der Waals surface area (Å²) in [6.45, 7) is 3.56. The summed E-state index contributed by atoms with van der Waals surface area (Å²) in [5.74, 6) is -1.62. The summed E-state index contributed by atoms with van der Waals surface area (Å²) < 4.78 is 18.4. The van der Waals surface area contributed by atoms with Crippen LogP contribution < -0.4 is 0 Å². The Labute approximate surface area is 123 Å². The number of benzene rings is 1. The predicted octanol–water partition coefficient (Wildman–Crippen LogP) is 1.60. The number of carbonyl (C=O) groups excluding carboxylic acids is 2. The quantitative estimate of drug-likeness (QED) is 0.776. The van der Waals surface area contributed by atoms with Crippen LogP contribution in [0.25, 0.3) is 0 Å². The Morgan fingerprint density at radius 3 is 2.62 bits per heavy atom. The Morgan fingerprint density at radius 2 is 2.05 bits per heavy atom. The molecule has 1 atom stereocenters. The SMILES string of the molecule is CCOC(=O)CCN(CC(C)O)C(=O)c1ccccc1F. The van der Waals surface area contributed by atoms with E-state index >= 15 is 0 Å². The summed E-state index contributed by atoms with van der Waals surface area (Å²) in [6, 6.07) is 5.61. The summed E-state index contributed by atoms with van der Waals surface area (Å²) in [5.41, 5.74) is -0.0815. The van der Waals surface area contributed by atoms with Gasteiger partial charge in [-0.1, -0.05) is 12.1 Å². The van der Waals surface area contributed by atoms with E-state index in [1.54, 1.807) is 13.0 Å². The Bertz CT molecular complexity index is 490. The average molecular weight is 297 g/mol. The molecule has 1 rings (SSSR count). The molecule has 1 aromatic carbocycles. The molecule has 0 aliphatic carbocycles. The van der Waals surface area contributed by atoms with Crippen LogP contribution in [0.3, 0.4) is 0 Å². The van der Waals surface area contributed by atoms with Crippen LogP contribution in [0.4, 0.5) is 4.39 Å². The average Bonchev–Trinajstić information content (AvgIpc) is 2.43. The van der Waals surface area contributed by atoms with E-state index in [9.17, 15) is 19.1 Å². The zero-order valence-electron chi connectivity index (χ0n) is 12.2. The highest BCUT2D eigenvalue weighted by atomic mass is 19.1. The van der Waals surface area contributed by atoms with E-state index in [1.165, 1.54) is 30.0 Å². The third-order valence-corrected chi connectivity index (χ3v) is 2.77. The molecule has 116 valence electrons. The summed E-state index contributed by atoms with van der Waals surface area (Å²) >= 11 is 0. The second-order valence-corrected chi connectivity index (χ2v) is 4.64. The lowest BCUT2D eigenvalue weighted by molar-refractivity contribution is -0.143. The van der Waals surface area contributed by atoms with Crippen molar-refractivity contribution in [2.75, 3.05) is 19.7 Å². The van der Waals surface area contributed by atoms with Gasteiger partial charge in [-0.25, -0.2) is 4.39 Å². The van der Waals surface area contributed by atoms with Crippen molar-refractivity contribution in [3.05, 3.63) is 35.6 Å². The maximum atomic E-state index is 13.7. The maximum Gasteiger partial charge on any atom is 0.307 e. The zero-order valence-corrected chi connectivity index (χ0v) is 12.2. The van der Waals surface area contributed by atoms with Crippen molar-refractivity contribution in [1.82, 2.24) is 4.90 Å². The molecule has 0 saturated carbocycles. The van der Waals surface area contributed by atoms with Crippen molar-refractivity contribution < 1.29 is 23.8 Å². The lowest BCUT2D eigenvalue weighted by Gasteiger charge is -2.24. The summed E-state index contributed by atoms with van der Waals surface area (Å²) in [5, 5.41) is 9.45. The van der Waals surface area contributed by atoms with E-state index < -0.39 is 23.8 Å². The van der Waals surface area contributed by atoms with Gasteiger partial charge in [0, 0.05) is 13.1 Å². The van der Waals surface area contributed by atoms with Crippen molar-refractivity contribution in [2.24, 2.45) is 0 Å². The van der Waals surface area contributed by atoms with Gasteiger partial charge in [-0.2, -0.15) is 0 Å². The monoisotopic (exact) mass is 297 g/mol. The van der Waals surface area contributed by atoms with Gasteiger partial charge in [-0.3, -0.25) is 9.59 Å². The van der Waals surface area contributed by atoms with Crippen molar-refractivity contribution in [3.63, 3.8) is 0 Å². The fourth-order valence-electron chi connectivity index (χ4n) is 1.86. The minimum Gasteiger partial charge on any atom is -0.466 e. The molecule has 0 saturated heterocycles. The molecule has 21 heavy (non-hydrogen) atoms. The van der Waals surface area contributed by atoms with Crippen molar-refractivity contribution in [1.29, 1.82) is 0 Å². The van der Waals surface area contributed by atoms with E-state index in [2.05, 4.69) is 0 Å². The fourth-order valence-corrected chi connectivity index (χ4v) is 1.86. The second kappa shape index (κ2) is 8.36. The maximum absolute atomic E-state index is 13.7. The third kappa shape index (κ3) is 5.51. The number of esters is 1. The van der Waals surface area contributed by atoms with E-state index in [1.807, 2.05) is 0 Å². The first-order chi connectivity index (χ1) is 9.95. The van der Waals surface area contributed by atoms with Gasteiger partial charge in [-0.15, -0.1) is 0 Å². The topological polar surface area (TPSA) is 66.8 Å². The van der Waals surface area contributed by atoms with Crippen LogP contribution in [0, 0.1) is 5.82 Å². The standard InChI is InChI=1S/C15H20FNO4/c1-3-21-14(19)8-9-17(10-11(2)18)15(20)12-6-4-5-7-13(12)16/h4-7,11,18H,3,8-10H2,1-2H3. The molecule has 1 aromatic rings. The van der Waals surface area contributed by atoms with Crippen LogP contribution in [0.2, 0.25) is 0 Å². The number of nitrogens with zero attached hydrogens (tertiary/aromatic N) is 1. The Balaban J connectivity index is 2.79. The second-order valence-electron chi connectivity index (χ2n) is 4.64. The normalized spacial score (nSPS) is 11.8. The molecule has 0 aliphatic rings. The number of ether oxygens (including phenoxy) is 1. The Kier molecular flexibility index (Phi) is 6.81. The molecule has 1 amide bonds. The highest BCUT2D eigenvalue weighted by Gasteiger charge is 2.21. The van der Waals surface area contributed by atoms with Crippen molar-refractivity contribution >= 4 is 11.9 Å². The van der Waals surface area contributed by atoms with E-state index in [0.29, 0.717) is 0 Å². The summed E-state index contributed by atoms with van der Waals surface area (Å²) in [7, 11) is 0. The van der Waals surface area contributed by atoms with E-state index in [4.69, 9.17) is 4.74 Å². The zero-order chi connectivity index (χ0) is 15.8. The van der Waals surface area contributed by atoms with Gasteiger partial charge >= 0.3 is 5.97 Å². The number of hydrogen-bond acceptors (Lipinski definition) is 4. The number of aliphatic hydroxyl groups is 1. The first kappa shape index (κ1) is 17.1. The van der Waals surface area contributed by atoms with Gasteiger partial charge in [0.1, 0.15) is 5.82 Å². The molecule has 0 spiro atoms. The Hall–Kier alpha value is -1.95. The molecule has 1 N–H and O–H groups in total. The molecule has 1 unspecified atom stereocenters. The first-order valence-corrected chi connectivity index (χ1v) is 6.83. The fraction of sp³-hybridized carbons (Fsp3) is 0.467. The lowest BCUT2D eigenvalue weighted by atomic mass is 10.1. The van der Waals surface area contributed by atoms with Crippen LogP contribution in [0.15, 0.2) is 24.3 Å². The van der Waals surface area contributed by atoms with E-state index in [0.717, 1.165) is 0 Å². The number of rotatable bonds is 7. The number of hydrogen-bond donors (Lipinski definition) is 1. The van der Waals surface area contributed by atoms with Gasteiger partial charge in [0.2, 0.25) is 0 Å². The summed E-state index contributed by atoms with van der Waals surface area (Å²) in [4.78, 5) is 24.9. The van der Waals surface area contributed by atoms with Crippen LogP contribution in [-0.2, 0) is 9.53 Å². The molecular weight excluding hydrogens is 277 g/mol. The number of halogens is 1. The molecule has 0 aliphatic heterocycles. The largest absolute Gasteiger partial charge is 0.466 e. The van der Waals surface area contributed by atoms with Gasteiger partial charge in [0.25, 0.3) is 5.91 Å². The highest BCUT2D eigenvalue weighted by Crippen LogP contribution is 2.11. The van der Waals surface area contributed by atoms with Crippen molar-refractivity contribution in [2.45, 2.75) is 26.4 Å². The minimum atomic E-state index is -0.775. The molecule has 6 heteroatoms. The number of carbonyl (C=O) groups is 2. The molecule has 0 fully saturated rings. The first-order valence-electron chi connectivity index (χ1n) is 6.83. The van der Waals surface area contributed by atoms with Crippen LogP contribution in [0.5, 0.6) is 0 Å². The van der Waals surface area contributed by atoms with Crippen LogP contribution >= 0.6 is 0 Å². The highest BCUT2D eigenvalue weighted by molar-refractivity contribution is 5.94. The smallest absolute Gasteiger partial charge is 0.307 e. The Morgan fingerprint density at radius 1 is 1.38 bits per heavy atom. The van der Waals surface area contributed by atoms with Crippen molar-refractivity contribution in [3.8, 4) is 0 Å². The minimum absolute atomic E-state index is 0.000747. The number of amides is 1. The third-order valence-electron chi connectivity index (χ3n) is 2.77. The molecular formula is C15H20FNO4. The van der Waals surface area contributed by atoms with Gasteiger partial charge < -0.3 is 14.7 Å². The molecule has 0 heterocycles. The lowest BCUT2D eigenvalue weighted by Crippen LogP contribution is -2.38. The van der Waals surface area contributed by atoms with Crippen LogP contribution in [0.1, 0.15) is 30.6 Å². The molecule has 5 nitrogen and oxygen atoms in total.